The summed E-state index contributed by atoms with van der Waals surface area (Å²) in [7, 11) is 0. The minimum Gasteiger partial charge on any atom is -0.450 e. The molecule has 1 amide bonds. The lowest BCUT2D eigenvalue weighted by Gasteiger charge is -2.31. The van der Waals surface area contributed by atoms with E-state index in [4.69, 9.17) is 10.5 Å². The number of nitrogens with one attached hydrogen (secondary N) is 1. The topological polar surface area (TPSA) is 92.8 Å². The maximum absolute atomic E-state index is 11.7. The number of aromatic nitrogens is 1. The number of guanidine groups is 1. The Bertz CT molecular complexity index is 607. The number of piperidine rings is 1. The van der Waals surface area contributed by atoms with E-state index in [1.807, 2.05) is 6.92 Å². The van der Waals surface area contributed by atoms with E-state index >= 15 is 0 Å². The predicted molar refractivity (Wildman–Crippen MR) is 116 cm³/mol. The monoisotopic (exact) mass is 495 g/mol. The first-order valence-corrected chi connectivity index (χ1v) is 9.60. The molecule has 0 unspecified atom stereocenters. The predicted octanol–water partition coefficient (Wildman–Crippen LogP) is 3.08. The van der Waals surface area contributed by atoms with E-state index in [0.717, 1.165) is 23.5 Å². The molecular weight excluding hydrogens is 465 g/mol. The maximum atomic E-state index is 11.7. The van der Waals surface area contributed by atoms with Gasteiger partial charge < -0.3 is 20.7 Å². The van der Waals surface area contributed by atoms with Crippen molar-refractivity contribution < 1.29 is 9.53 Å². The van der Waals surface area contributed by atoms with E-state index in [1.54, 1.807) is 16.2 Å². The summed E-state index contributed by atoms with van der Waals surface area (Å²) in [5.41, 5.74) is 7.13. The highest BCUT2D eigenvalue weighted by Gasteiger charge is 2.23. The van der Waals surface area contributed by atoms with Gasteiger partial charge in [0.1, 0.15) is 5.01 Å². The third kappa shape index (κ3) is 6.90. The second-order valence-corrected chi connectivity index (χ2v) is 8.13. The van der Waals surface area contributed by atoms with Gasteiger partial charge in [0.15, 0.2) is 5.96 Å². The summed E-state index contributed by atoms with van der Waals surface area (Å²) in [5, 5.41) is 6.29. The molecule has 26 heavy (non-hydrogen) atoms. The van der Waals surface area contributed by atoms with Crippen LogP contribution in [0.5, 0.6) is 0 Å². The van der Waals surface area contributed by atoms with E-state index in [0.29, 0.717) is 32.2 Å². The first-order valence-electron chi connectivity index (χ1n) is 8.72. The third-order valence-electron chi connectivity index (χ3n) is 4.08. The number of hydrogen-bond acceptors (Lipinski definition) is 5. The van der Waals surface area contributed by atoms with Crippen LogP contribution in [0.4, 0.5) is 4.79 Å². The number of amides is 1. The van der Waals surface area contributed by atoms with Gasteiger partial charge in [-0.2, -0.15) is 0 Å². The summed E-state index contributed by atoms with van der Waals surface area (Å²) in [6.07, 6.45) is 1.43. The molecule has 1 fully saturated rings. The van der Waals surface area contributed by atoms with Crippen LogP contribution >= 0.6 is 35.3 Å². The van der Waals surface area contributed by atoms with Gasteiger partial charge in [-0.1, -0.05) is 20.8 Å². The molecule has 0 saturated carbocycles. The van der Waals surface area contributed by atoms with Crippen molar-refractivity contribution in [2.75, 3.05) is 19.7 Å². The van der Waals surface area contributed by atoms with Gasteiger partial charge in [-0.25, -0.2) is 14.8 Å². The Hall–Kier alpha value is -1.10. The Balaban J connectivity index is 0.00000338. The van der Waals surface area contributed by atoms with Gasteiger partial charge in [-0.15, -0.1) is 35.3 Å². The fourth-order valence-corrected chi connectivity index (χ4v) is 3.50. The van der Waals surface area contributed by atoms with E-state index in [2.05, 4.69) is 41.4 Å². The fraction of sp³-hybridized carbons (Fsp3) is 0.706. The number of thiazole rings is 1. The molecule has 148 valence electrons. The second-order valence-electron chi connectivity index (χ2n) is 7.18. The Morgan fingerprint density at radius 3 is 2.65 bits per heavy atom. The zero-order valence-corrected chi connectivity index (χ0v) is 19.1. The molecule has 0 radical (unpaired) electrons. The number of aliphatic imine (C=N–C) groups is 1. The van der Waals surface area contributed by atoms with E-state index in [-0.39, 0.29) is 41.5 Å². The standard InChI is InChI=1S/C17H29N5O2S.HI/c1-5-24-16(23)22-8-6-12(7-9-22)20-15(18)19-10-14-21-13(11-25-14)17(2,3)4;/h11-12H,5-10H2,1-4H3,(H3,18,19,20);1H. The number of halogens is 1. The molecule has 1 aromatic heterocycles. The van der Waals surface area contributed by atoms with Crippen molar-refractivity contribution in [2.45, 2.75) is 58.5 Å². The van der Waals surface area contributed by atoms with Crippen LogP contribution in [0.25, 0.3) is 0 Å². The average Bonchev–Trinajstić information content (AvgIpc) is 3.03. The van der Waals surface area contributed by atoms with Crippen LogP contribution in [0.3, 0.4) is 0 Å². The molecule has 0 aliphatic carbocycles. The van der Waals surface area contributed by atoms with Crippen molar-refractivity contribution in [3.05, 3.63) is 16.1 Å². The highest BCUT2D eigenvalue weighted by molar-refractivity contribution is 14.0. The largest absolute Gasteiger partial charge is 0.450 e. The number of hydrogen-bond donors (Lipinski definition) is 2. The first kappa shape index (κ1) is 22.9. The number of likely N-dealkylation sites (tertiary alicyclic amines) is 1. The molecule has 3 N–H and O–H groups in total. The molecule has 1 aromatic rings. The second kappa shape index (κ2) is 10.3. The molecule has 0 atom stereocenters. The summed E-state index contributed by atoms with van der Waals surface area (Å²) in [6.45, 7) is 10.5. The van der Waals surface area contributed by atoms with Crippen LogP contribution in [0, 0.1) is 0 Å². The molecule has 7 nitrogen and oxygen atoms in total. The van der Waals surface area contributed by atoms with Crippen LogP contribution in [-0.2, 0) is 16.7 Å². The molecule has 1 saturated heterocycles. The van der Waals surface area contributed by atoms with Gasteiger partial charge in [-0.3, -0.25) is 0 Å². The summed E-state index contributed by atoms with van der Waals surface area (Å²) >= 11 is 1.61. The molecule has 9 heteroatoms. The molecule has 0 spiro atoms. The zero-order chi connectivity index (χ0) is 18.4. The van der Waals surface area contributed by atoms with Crippen molar-refractivity contribution in [1.29, 1.82) is 0 Å². The number of nitrogens with two attached hydrogens (primary N) is 1. The Labute approximate surface area is 176 Å². The molecule has 1 aliphatic heterocycles. The first-order chi connectivity index (χ1) is 11.8. The Morgan fingerprint density at radius 1 is 1.46 bits per heavy atom. The lowest BCUT2D eigenvalue weighted by atomic mass is 9.93. The highest BCUT2D eigenvalue weighted by atomic mass is 127. The molecule has 0 bridgehead atoms. The van der Waals surface area contributed by atoms with Gasteiger partial charge >= 0.3 is 6.09 Å². The van der Waals surface area contributed by atoms with Gasteiger partial charge in [0.25, 0.3) is 0 Å². The third-order valence-corrected chi connectivity index (χ3v) is 4.91. The highest BCUT2D eigenvalue weighted by Crippen LogP contribution is 2.24. The SMILES string of the molecule is CCOC(=O)N1CCC(NC(N)=NCc2nc(C(C)(C)C)cs2)CC1.I. The van der Waals surface area contributed by atoms with Crippen LogP contribution in [0.15, 0.2) is 10.4 Å². The van der Waals surface area contributed by atoms with Crippen LogP contribution in [0.2, 0.25) is 0 Å². The number of ether oxygens (including phenoxy) is 1. The number of nitrogens with zero attached hydrogens (tertiary/aromatic N) is 3. The fourth-order valence-electron chi connectivity index (χ4n) is 2.56. The van der Waals surface area contributed by atoms with Gasteiger partial charge in [-0.05, 0) is 19.8 Å². The number of carbonyl (C=O) groups is 1. The van der Waals surface area contributed by atoms with Crippen LogP contribution < -0.4 is 11.1 Å². The molecular formula is C17H30IN5O2S. The van der Waals surface area contributed by atoms with Gasteiger partial charge in [0.2, 0.25) is 0 Å². The average molecular weight is 495 g/mol. The quantitative estimate of drug-likeness (QED) is 0.381. The summed E-state index contributed by atoms with van der Waals surface area (Å²) in [4.78, 5) is 22.4. The van der Waals surface area contributed by atoms with E-state index < -0.39 is 0 Å². The van der Waals surface area contributed by atoms with E-state index in [1.165, 1.54) is 0 Å². The molecule has 1 aliphatic rings. The van der Waals surface area contributed by atoms with Gasteiger partial charge in [0, 0.05) is 29.9 Å². The number of carbonyl (C=O) groups excluding carboxylic acids is 1. The molecule has 2 heterocycles. The lowest BCUT2D eigenvalue weighted by Crippen LogP contribution is -2.48. The Morgan fingerprint density at radius 2 is 2.12 bits per heavy atom. The Kier molecular flexibility index (Phi) is 9.08. The van der Waals surface area contributed by atoms with Crippen molar-refractivity contribution in [2.24, 2.45) is 10.7 Å². The summed E-state index contributed by atoms with van der Waals surface area (Å²) in [5.74, 6) is 0.432. The molecule has 2 rings (SSSR count). The van der Waals surface area contributed by atoms with Crippen molar-refractivity contribution in [3.8, 4) is 0 Å². The summed E-state index contributed by atoms with van der Waals surface area (Å²) < 4.78 is 5.02. The van der Waals surface area contributed by atoms with Crippen molar-refractivity contribution >= 4 is 47.4 Å². The zero-order valence-electron chi connectivity index (χ0n) is 15.9. The minimum atomic E-state index is -0.235. The maximum Gasteiger partial charge on any atom is 0.409 e. The minimum absolute atomic E-state index is 0. The van der Waals surface area contributed by atoms with E-state index in [9.17, 15) is 4.79 Å². The normalized spacial score (nSPS) is 16.2. The summed E-state index contributed by atoms with van der Waals surface area (Å²) in [6, 6.07) is 0.232. The van der Waals surface area contributed by atoms with Crippen molar-refractivity contribution in [1.82, 2.24) is 15.2 Å². The van der Waals surface area contributed by atoms with Crippen molar-refractivity contribution in [3.63, 3.8) is 0 Å². The lowest BCUT2D eigenvalue weighted by molar-refractivity contribution is 0.0963. The number of rotatable bonds is 4. The van der Waals surface area contributed by atoms with Crippen LogP contribution in [0.1, 0.15) is 51.2 Å². The molecule has 0 aromatic carbocycles. The van der Waals surface area contributed by atoms with Gasteiger partial charge in [0.05, 0.1) is 18.8 Å². The smallest absolute Gasteiger partial charge is 0.409 e. The van der Waals surface area contributed by atoms with Crippen LogP contribution in [-0.4, -0.2) is 47.7 Å².